The van der Waals surface area contributed by atoms with Gasteiger partial charge in [-0.2, -0.15) is 0 Å². The highest BCUT2D eigenvalue weighted by molar-refractivity contribution is 5.47. The molecule has 0 saturated carbocycles. The third-order valence-corrected chi connectivity index (χ3v) is 4.90. The maximum absolute atomic E-state index is 5.52. The number of terminal acetylenes is 1. The van der Waals surface area contributed by atoms with E-state index < -0.39 is 0 Å². The summed E-state index contributed by atoms with van der Waals surface area (Å²) in [5.74, 6) is 3.44. The van der Waals surface area contributed by atoms with E-state index in [1.165, 1.54) is 35.1 Å². The molecule has 0 N–H and O–H groups in total. The zero-order chi connectivity index (χ0) is 18.6. The van der Waals surface area contributed by atoms with Crippen LogP contribution in [0.3, 0.4) is 0 Å². The highest BCUT2D eigenvalue weighted by Gasteiger charge is 2.15. The van der Waals surface area contributed by atoms with Crippen molar-refractivity contribution < 1.29 is 0 Å². The first kappa shape index (κ1) is 19.8. The average molecular weight is 343 g/mol. The molecule has 0 heteroatoms. The van der Waals surface area contributed by atoms with E-state index in [1.54, 1.807) is 6.08 Å². The topological polar surface area (TPSA) is 0 Å². The van der Waals surface area contributed by atoms with Crippen LogP contribution in [0.15, 0.2) is 95.7 Å². The minimum absolute atomic E-state index is 0.656. The Morgan fingerprint density at radius 2 is 2.08 bits per heavy atom. The van der Waals surface area contributed by atoms with Gasteiger partial charge in [-0.25, -0.2) is 0 Å². The van der Waals surface area contributed by atoms with E-state index in [2.05, 4.69) is 68.0 Å². The summed E-state index contributed by atoms with van der Waals surface area (Å²) in [5, 5.41) is 0. The number of hydrogen-bond donors (Lipinski definition) is 0. The van der Waals surface area contributed by atoms with Crippen molar-refractivity contribution in [2.45, 2.75) is 45.4 Å². The van der Waals surface area contributed by atoms with Gasteiger partial charge in [0.1, 0.15) is 0 Å². The van der Waals surface area contributed by atoms with Crippen LogP contribution in [0.5, 0.6) is 0 Å². The largest absolute Gasteiger partial charge is 0.120 e. The molecule has 0 fully saturated rings. The first-order valence-electron chi connectivity index (χ1n) is 9.64. The molecule has 0 bridgehead atoms. The maximum atomic E-state index is 5.52. The third-order valence-electron chi connectivity index (χ3n) is 4.90. The highest BCUT2D eigenvalue weighted by atomic mass is 14.2. The smallest absolute Gasteiger partial charge is 0.0337 e. The van der Waals surface area contributed by atoms with Gasteiger partial charge in [0.2, 0.25) is 0 Å². The van der Waals surface area contributed by atoms with Crippen LogP contribution in [-0.2, 0) is 0 Å². The number of allylic oxidation sites excluding steroid dienone is 15. The fourth-order valence-corrected chi connectivity index (χ4v) is 3.37. The van der Waals surface area contributed by atoms with Crippen molar-refractivity contribution >= 4 is 0 Å². The predicted octanol–water partition coefficient (Wildman–Crippen LogP) is 7.18. The zero-order valence-corrected chi connectivity index (χ0v) is 16.0. The summed E-state index contributed by atoms with van der Waals surface area (Å²) in [6, 6.07) is 0. The molecule has 0 aliphatic heterocycles. The van der Waals surface area contributed by atoms with Gasteiger partial charge in [-0.05, 0) is 60.3 Å². The first-order chi connectivity index (χ1) is 12.8. The minimum atomic E-state index is 0.656. The van der Waals surface area contributed by atoms with Crippen LogP contribution in [0.4, 0.5) is 0 Å². The summed E-state index contributed by atoms with van der Waals surface area (Å²) in [5.41, 5.74) is 5.53. The zero-order valence-electron chi connectivity index (χ0n) is 16.0. The Labute approximate surface area is 159 Å². The Balaban J connectivity index is 2.17. The third kappa shape index (κ3) is 6.41. The van der Waals surface area contributed by atoms with E-state index in [1.807, 2.05) is 12.2 Å². The molecule has 0 aromatic rings. The molecule has 0 aromatic heterocycles. The summed E-state index contributed by atoms with van der Waals surface area (Å²) in [6.45, 7) is 5.98. The quantitative estimate of drug-likeness (QED) is 0.354. The lowest BCUT2D eigenvalue weighted by molar-refractivity contribution is 0.572. The van der Waals surface area contributed by atoms with Crippen LogP contribution in [-0.4, -0.2) is 0 Å². The van der Waals surface area contributed by atoms with E-state index in [4.69, 9.17) is 6.42 Å². The maximum Gasteiger partial charge on any atom is 0.0337 e. The minimum Gasteiger partial charge on any atom is -0.120 e. The molecule has 1 atom stereocenters. The molecule has 2 rings (SSSR count). The predicted molar refractivity (Wildman–Crippen MR) is 116 cm³/mol. The van der Waals surface area contributed by atoms with Crippen molar-refractivity contribution in [1.82, 2.24) is 0 Å². The fourth-order valence-electron chi connectivity index (χ4n) is 3.37. The lowest BCUT2D eigenvalue weighted by Gasteiger charge is -2.12. The van der Waals surface area contributed by atoms with Crippen LogP contribution in [0.2, 0.25) is 0 Å². The van der Waals surface area contributed by atoms with Gasteiger partial charge in [0.05, 0.1) is 0 Å². The summed E-state index contributed by atoms with van der Waals surface area (Å²) in [6.07, 6.45) is 35.6. The molecule has 0 heterocycles. The van der Waals surface area contributed by atoms with Gasteiger partial charge < -0.3 is 0 Å². The first-order valence-corrected chi connectivity index (χ1v) is 9.64. The van der Waals surface area contributed by atoms with Gasteiger partial charge in [0.15, 0.2) is 0 Å². The molecular formula is C26H30. The highest BCUT2D eigenvalue weighted by Crippen LogP contribution is 2.33. The average Bonchev–Trinajstić information content (AvgIpc) is 3.13. The molecule has 0 amide bonds. The van der Waals surface area contributed by atoms with Crippen LogP contribution < -0.4 is 0 Å². The molecule has 0 spiro atoms. The van der Waals surface area contributed by atoms with Gasteiger partial charge >= 0.3 is 0 Å². The van der Waals surface area contributed by atoms with Gasteiger partial charge in [0, 0.05) is 6.42 Å². The van der Waals surface area contributed by atoms with E-state index in [9.17, 15) is 0 Å². The molecule has 2 aliphatic rings. The molecule has 0 nitrogen and oxygen atoms in total. The molecular weight excluding hydrogens is 312 g/mol. The van der Waals surface area contributed by atoms with Crippen LogP contribution in [0.25, 0.3) is 0 Å². The molecule has 2 aliphatic carbocycles. The summed E-state index contributed by atoms with van der Waals surface area (Å²) < 4.78 is 0. The van der Waals surface area contributed by atoms with E-state index >= 15 is 0 Å². The summed E-state index contributed by atoms with van der Waals surface area (Å²) in [7, 11) is 0. The Bertz CT molecular complexity index is 735. The summed E-state index contributed by atoms with van der Waals surface area (Å²) in [4.78, 5) is 0. The van der Waals surface area contributed by atoms with E-state index in [0.29, 0.717) is 12.3 Å². The van der Waals surface area contributed by atoms with Gasteiger partial charge in [-0.3, -0.25) is 0 Å². The Morgan fingerprint density at radius 3 is 2.85 bits per heavy atom. The summed E-state index contributed by atoms with van der Waals surface area (Å²) >= 11 is 0. The van der Waals surface area contributed by atoms with Crippen molar-refractivity contribution in [3.63, 3.8) is 0 Å². The Morgan fingerprint density at radius 1 is 1.19 bits per heavy atom. The number of hydrogen-bond acceptors (Lipinski definition) is 0. The Hall–Kier alpha value is -2.52. The van der Waals surface area contributed by atoms with Crippen LogP contribution in [0, 0.1) is 18.3 Å². The van der Waals surface area contributed by atoms with E-state index in [-0.39, 0.29) is 0 Å². The molecule has 26 heavy (non-hydrogen) atoms. The van der Waals surface area contributed by atoms with Crippen molar-refractivity contribution in [2.75, 3.05) is 0 Å². The molecule has 0 aromatic carbocycles. The second-order valence-corrected chi connectivity index (χ2v) is 6.80. The lowest BCUT2D eigenvalue weighted by atomic mass is 9.93. The molecule has 0 saturated heterocycles. The SMILES string of the molecule is C#CCC(/C=C1C=C(/C2=C/C=C\C=C/C(CC)CC2)CC\1)=C/C=C/C=C. The van der Waals surface area contributed by atoms with Crippen LogP contribution in [0.1, 0.15) is 45.4 Å². The van der Waals surface area contributed by atoms with E-state index in [0.717, 1.165) is 19.3 Å². The van der Waals surface area contributed by atoms with Crippen molar-refractivity contribution in [2.24, 2.45) is 5.92 Å². The lowest BCUT2D eigenvalue weighted by Crippen LogP contribution is -1.96. The molecule has 0 radical (unpaired) electrons. The second-order valence-electron chi connectivity index (χ2n) is 6.80. The Kier molecular flexibility index (Phi) is 8.50. The van der Waals surface area contributed by atoms with Crippen molar-refractivity contribution in [1.29, 1.82) is 0 Å². The molecule has 1 unspecified atom stereocenters. The van der Waals surface area contributed by atoms with Gasteiger partial charge in [-0.15, -0.1) is 12.3 Å². The second kappa shape index (κ2) is 11.2. The molecule has 134 valence electrons. The van der Waals surface area contributed by atoms with Gasteiger partial charge in [-0.1, -0.05) is 80.3 Å². The monoisotopic (exact) mass is 342 g/mol. The van der Waals surface area contributed by atoms with Crippen molar-refractivity contribution in [3.8, 4) is 12.3 Å². The number of rotatable bonds is 6. The normalized spacial score (nSPS) is 27.0. The van der Waals surface area contributed by atoms with Crippen molar-refractivity contribution in [3.05, 3.63) is 95.7 Å². The van der Waals surface area contributed by atoms with Gasteiger partial charge in [0.25, 0.3) is 0 Å². The standard InChI is InChI=1S/C26H30/c1-4-7-9-14-23(12-5-2)20-24-17-19-26(21-24)25-15-11-8-10-13-22(6-3)16-18-25/h2,4,7-11,13-15,20-22H,1,6,12,16-19H2,3H3/b9-7+,11-8-,13-10-,23-14-,24-20-,25-15+. The fraction of sp³-hybridized carbons (Fsp3) is 0.308. The van der Waals surface area contributed by atoms with Crippen LogP contribution >= 0.6 is 0 Å².